The molecule has 6 heteroatoms. The largest absolute Gasteiger partial charge is 0.329 e. The Balaban J connectivity index is 3.80. The van der Waals surface area contributed by atoms with Gasteiger partial charge in [0.2, 0.25) is 0 Å². The van der Waals surface area contributed by atoms with E-state index >= 15 is 0 Å². The number of hydrogen-bond acceptors (Lipinski definition) is 3. The van der Waals surface area contributed by atoms with E-state index in [-0.39, 0.29) is 10.5 Å². The van der Waals surface area contributed by atoms with Crippen molar-refractivity contribution in [2.75, 3.05) is 0 Å². The molecule has 0 amide bonds. The maximum absolute atomic E-state index is 10.8. The maximum atomic E-state index is 10.8. The second kappa shape index (κ2) is 2.47. The molecule has 0 bridgehead atoms. The first-order valence-corrected chi connectivity index (χ1v) is 3.32. The van der Waals surface area contributed by atoms with Crippen LogP contribution in [-0.2, 0) is 7.05 Å². The van der Waals surface area contributed by atoms with Crippen LogP contribution in [0.4, 0.5) is 0 Å². The molecule has 0 unspecified atom stereocenters. The molecule has 54 valence electrons. The van der Waals surface area contributed by atoms with Crippen LogP contribution in [0.3, 0.4) is 0 Å². The van der Waals surface area contributed by atoms with E-state index in [4.69, 9.17) is 12.2 Å². The highest BCUT2D eigenvalue weighted by molar-refractivity contribution is 7.71. The van der Waals surface area contributed by atoms with E-state index in [1.807, 2.05) is 0 Å². The van der Waals surface area contributed by atoms with Crippen LogP contribution in [0.25, 0.3) is 0 Å². The Morgan fingerprint density at radius 3 is 2.50 bits per heavy atom. The van der Waals surface area contributed by atoms with Crippen LogP contribution in [0.5, 0.6) is 0 Å². The van der Waals surface area contributed by atoms with Crippen LogP contribution in [0.1, 0.15) is 0 Å². The monoisotopic (exact) mass is 175 g/mol. The van der Waals surface area contributed by atoms with Gasteiger partial charge >= 0.3 is 5.69 Å². The second-order valence-electron chi connectivity index (χ2n) is 1.75. The van der Waals surface area contributed by atoms with Gasteiger partial charge in [-0.15, -0.1) is 0 Å². The molecule has 2 N–H and O–H groups in total. The molecule has 4 nitrogen and oxygen atoms in total. The molecule has 0 atom stereocenters. The highest BCUT2D eigenvalue weighted by Crippen LogP contribution is 1.76. The van der Waals surface area contributed by atoms with Gasteiger partial charge in [-0.1, -0.05) is 0 Å². The normalized spacial score (nSPS) is 9.70. The quantitative estimate of drug-likeness (QED) is 0.564. The predicted octanol–water partition coefficient (Wildman–Crippen LogP) is 0.500. The summed E-state index contributed by atoms with van der Waals surface area (Å²) >= 11 is 9.40. The smallest absolute Gasteiger partial charge is 0.309 e. The highest BCUT2D eigenvalue weighted by Gasteiger charge is 1.88. The summed E-state index contributed by atoms with van der Waals surface area (Å²) in [4.78, 5) is 15.8. The molecular weight excluding hydrogens is 170 g/mol. The van der Waals surface area contributed by atoms with Crippen LogP contribution >= 0.6 is 24.4 Å². The Kier molecular flexibility index (Phi) is 1.82. The molecule has 0 fully saturated rings. The first-order chi connectivity index (χ1) is 4.61. The molecule has 0 aliphatic heterocycles. The van der Waals surface area contributed by atoms with Crippen molar-refractivity contribution in [3.63, 3.8) is 0 Å². The van der Waals surface area contributed by atoms with E-state index in [2.05, 4.69) is 22.2 Å². The Bertz CT molecular complexity index is 364. The number of rotatable bonds is 0. The standard InChI is InChI=1S/C4H5N3OS2/c1-7-3(8)5-2(9)6-4(7)10/h1H3,(H2,5,6,8,9,10). The molecule has 0 aromatic carbocycles. The van der Waals surface area contributed by atoms with Crippen molar-refractivity contribution in [1.29, 1.82) is 0 Å². The Morgan fingerprint density at radius 1 is 1.40 bits per heavy atom. The molecule has 1 heterocycles. The first kappa shape index (κ1) is 7.36. The lowest BCUT2D eigenvalue weighted by Crippen LogP contribution is -2.21. The van der Waals surface area contributed by atoms with Crippen molar-refractivity contribution in [1.82, 2.24) is 14.5 Å². The number of aromatic amines is 2. The maximum Gasteiger partial charge on any atom is 0.329 e. The summed E-state index contributed by atoms with van der Waals surface area (Å²) in [6, 6.07) is 0. The fourth-order valence-electron chi connectivity index (χ4n) is 0.485. The molecule has 0 aliphatic rings. The van der Waals surface area contributed by atoms with Gasteiger partial charge in [0.25, 0.3) is 0 Å². The van der Waals surface area contributed by atoms with Gasteiger partial charge in [-0.25, -0.2) is 4.79 Å². The summed E-state index contributed by atoms with van der Waals surface area (Å²) in [6.45, 7) is 0. The van der Waals surface area contributed by atoms with Crippen molar-refractivity contribution in [3.05, 3.63) is 20.0 Å². The predicted molar refractivity (Wildman–Crippen MR) is 42.1 cm³/mol. The van der Waals surface area contributed by atoms with E-state index in [1.54, 1.807) is 7.05 Å². The minimum atomic E-state index is -0.297. The van der Waals surface area contributed by atoms with Gasteiger partial charge in [-0.2, -0.15) is 0 Å². The summed E-state index contributed by atoms with van der Waals surface area (Å²) < 4.78 is 1.85. The van der Waals surface area contributed by atoms with E-state index in [0.29, 0.717) is 4.77 Å². The fourth-order valence-corrected chi connectivity index (χ4v) is 0.919. The molecule has 1 rings (SSSR count). The van der Waals surface area contributed by atoms with Crippen molar-refractivity contribution in [2.45, 2.75) is 0 Å². The third kappa shape index (κ3) is 1.22. The minimum Gasteiger partial charge on any atom is -0.309 e. The van der Waals surface area contributed by atoms with E-state index in [0.717, 1.165) is 0 Å². The van der Waals surface area contributed by atoms with Crippen LogP contribution in [-0.4, -0.2) is 14.5 Å². The lowest BCUT2D eigenvalue weighted by atomic mass is 10.9. The van der Waals surface area contributed by atoms with Crippen LogP contribution in [0.15, 0.2) is 4.79 Å². The Labute approximate surface area is 66.5 Å². The molecule has 0 radical (unpaired) electrons. The summed E-state index contributed by atoms with van der Waals surface area (Å²) in [6.07, 6.45) is 0. The molecule has 1 aromatic rings. The number of aromatic nitrogens is 3. The van der Waals surface area contributed by atoms with Gasteiger partial charge in [0.05, 0.1) is 0 Å². The second-order valence-corrected chi connectivity index (χ2v) is 2.54. The summed E-state index contributed by atoms with van der Waals surface area (Å²) in [7, 11) is 1.56. The van der Waals surface area contributed by atoms with Crippen LogP contribution in [0.2, 0.25) is 0 Å². The minimum absolute atomic E-state index is 0.258. The summed E-state index contributed by atoms with van der Waals surface area (Å²) in [5.74, 6) is 0. The van der Waals surface area contributed by atoms with E-state index < -0.39 is 0 Å². The van der Waals surface area contributed by atoms with Gasteiger partial charge in [0, 0.05) is 7.05 Å². The number of hydrogen-bond donors (Lipinski definition) is 2. The highest BCUT2D eigenvalue weighted by atomic mass is 32.1. The van der Waals surface area contributed by atoms with Crippen molar-refractivity contribution in [3.8, 4) is 0 Å². The van der Waals surface area contributed by atoms with Gasteiger partial charge < -0.3 is 4.98 Å². The van der Waals surface area contributed by atoms with Crippen molar-refractivity contribution in [2.24, 2.45) is 7.05 Å². The van der Waals surface area contributed by atoms with Crippen molar-refractivity contribution >= 4 is 24.4 Å². The number of nitrogens with zero attached hydrogens (tertiary/aromatic N) is 1. The zero-order valence-electron chi connectivity index (χ0n) is 5.17. The topological polar surface area (TPSA) is 53.6 Å². The molecule has 0 aliphatic carbocycles. The van der Waals surface area contributed by atoms with Gasteiger partial charge in [-0.05, 0) is 24.4 Å². The van der Waals surface area contributed by atoms with E-state index in [9.17, 15) is 4.79 Å². The lowest BCUT2D eigenvalue weighted by Gasteiger charge is -1.93. The third-order valence-electron chi connectivity index (χ3n) is 1.05. The van der Waals surface area contributed by atoms with Crippen LogP contribution < -0.4 is 5.69 Å². The zero-order chi connectivity index (χ0) is 7.72. The third-order valence-corrected chi connectivity index (χ3v) is 1.63. The van der Waals surface area contributed by atoms with Gasteiger partial charge in [-0.3, -0.25) is 9.55 Å². The van der Waals surface area contributed by atoms with Gasteiger partial charge in [0.1, 0.15) is 0 Å². The van der Waals surface area contributed by atoms with Crippen LogP contribution in [0, 0.1) is 9.54 Å². The number of nitrogens with one attached hydrogen (secondary N) is 2. The first-order valence-electron chi connectivity index (χ1n) is 2.51. The summed E-state index contributed by atoms with van der Waals surface area (Å²) in [5, 5.41) is 0. The SMILES string of the molecule is Cn1c(=O)[nH]c(=S)[nH]c1=S. The zero-order valence-corrected chi connectivity index (χ0v) is 6.80. The average molecular weight is 175 g/mol. The molecule has 1 aromatic heterocycles. The summed E-state index contributed by atoms with van der Waals surface area (Å²) in [5.41, 5.74) is -0.297. The lowest BCUT2D eigenvalue weighted by molar-refractivity contribution is 0.747. The molecule has 10 heavy (non-hydrogen) atoms. The fraction of sp³-hybridized carbons (Fsp3) is 0.250. The Morgan fingerprint density at radius 2 is 2.00 bits per heavy atom. The molecular formula is C4H5N3OS2. The average Bonchev–Trinajstić information content (AvgIpc) is 1.82. The Hall–Kier alpha value is -0.750. The van der Waals surface area contributed by atoms with Gasteiger partial charge in [0.15, 0.2) is 9.54 Å². The molecule has 0 saturated heterocycles. The molecule has 0 spiro atoms. The van der Waals surface area contributed by atoms with Crippen molar-refractivity contribution < 1.29 is 0 Å². The van der Waals surface area contributed by atoms with E-state index in [1.165, 1.54) is 4.57 Å². The number of H-pyrrole nitrogens is 2. The molecule has 0 saturated carbocycles.